The third kappa shape index (κ3) is 1.99. The Kier molecular flexibility index (Phi) is 3.12. The zero-order valence-corrected chi connectivity index (χ0v) is 8.06. The summed E-state index contributed by atoms with van der Waals surface area (Å²) in [5.74, 6) is -0.00652. The molecule has 1 aliphatic heterocycles. The van der Waals surface area contributed by atoms with E-state index in [2.05, 4.69) is 13.8 Å². The Morgan fingerprint density at radius 2 is 2.25 bits per heavy atom. The predicted octanol–water partition coefficient (Wildman–Crippen LogP) is 2.66. The van der Waals surface area contributed by atoms with Gasteiger partial charge in [-0.25, -0.2) is 0 Å². The Morgan fingerprint density at radius 3 is 2.67 bits per heavy atom. The molecule has 0 radical (unpaired) electrons. The van der Waals surface area contributed by atoms with Crippen molar-refractivity contribution in [1.82, 2.24) is 0 Å². The van der Waals surface area contributed by atoms with Crippen LogP contribution in [-0.2, 0) is 9.53 Å². The van der Waals surface area contributed by atoms with Crippen molar-refractivity contribution in [2.75, 3.05) is 0 Å². The first kappa shape index (κ1) is 9.56. The van der Waals surface area contributed by atoms with Crippen LogP contribution in [0.25, 0.3) is 0 Å². The Labute approximate surface area is 74.3 Å². The van der Waals surface area contributed by atoms with Crippen molar-refractivity contribution in [2.45, 2.75) is 58.0 Å². The number of ether oxygens (including phenoxy) is 1. The second-order valence-electron chi connectivity index (χ2n) is 3.61. The van der Waals surface area contributed by atoms with Crippen LogP contribution in [0.3, 0.4) is 0 Å². The molecule has 0 spiro atoms. The van der Waals surface area contributed by atoms with Crippen LogP contribution in [0.2, 0.25) is 0 Å². The molecule has 2 heteroatoms. The van der Waals surface area contributed by atoms with Gasteiger partial charge in [-0.05, 0) is 25.7 Å². The molecule has 1 rings (SSSR count). The van der Waals surface area contributed by atoms with E-state index in [4.69, 9.17) is 4.74 Å². The van der Waals surface area contributed by atoms with Crippen LogP contribution in [0.5, 0.6) is 0 Å². The van der Waals surface area contributed by atoms with Gasteiger partial charge in [0.05, 0.1) is 0 Å². The lowest BCUT2D eigenvalue weighted by Gasteiger charge is -2.25. The largest absolute Gasteiger partial charge is 0.459 e. The number of carbonyl (C=O) groups is 1. The molecule has 0 aromatic heterocycles. The summed E-state index contributed by atoms with van der Waals surface area (Å²) in [6.07, 6.45) is 5.92. The van der Waals surface area contributed by atoms with E-state index in [9.17, 15) is 4.79 Å². The van der Waals surface area contributed by atoms with Gasteiger partial charge >= 0.3 is 5.97 Å². The molecular weight excluding hydrogens is 152 g/mol. The SMILES string of the molecule is CCCC[C@]1(CC)CCC(=O)O1. The maximum absolute atomic E-state index is 11.0. The molecule has 1 atom stereocenters. The molecule has 1 heterocycles. The van der Waals surface area contributed by atoms with Crippen LogP contribution in [0.4, 0.5) is 0 Å². The average molecular weight is 170 g/mol. The Balaban J connectivity index is 2.46. The molecule has 12 heavy (non-hydrogen) atoms. The Bertz CT molecular complexity index is 165. The molecule has 70 valence electrons. The highest BCUT2D eigenvalue weighted by molar-refractivity contribution is 5.72. The lowest BCUT2D eigenvalue weighted by atomic mass is 9.91. The molecule has 1 aliphatic rings. The summed E-state index contributed by atoms with van der Waals surface area (Å²) in [4.78, 5) is 11.0. The molecule has 0 aromatic rings. The number of rotatable bonds is 4. The highest BCUT2D eigenvalue weighted by Gasteiger charge is 2.37. The Hall–Kier alpha value is -0.530. The number of hydrogen-bond donors (Lipinski definition) is 0. The van der Waals surface area contributed by atoms with E-state index in [1.54, 1.807) is 0 Å². The van der Waals surface area contributed by atoms with Crippen molar-refractivity contribution in [3.05, 3.63) is 0 Å². The van der Waals surface area contributed by atoms with Crippen LogP contribution < -0.4 is 0 Å². The maximum atomic E-state index is 11.0. The molecule has 0 bridgehead atoms. The second-order valence-corrected chi connectivity index (χ2v) is 3.61. The third-order valence-electron chi connectivity index (χ3n) is 2.75. The molecule has 0 aromatic carbocycles. The summed E-state index contributed by atoms with van der Waals surface area (Å²) in [7, 11) is 0. The van der Waals surface area contributed by atoms with Gasteiger partial charge in [-0.1, -0.05) is 20.3 Å². The summed E-state index contributed by atoms with van der Waals surface area (Å²) in [6, 6.07) is 0. The summed E-state index contributed by atoms with van der Waals surface area (Å²) < 4.78 is 5.36. The van der Waals surface area contributed by atoms with E-state index < -0.39 is 0 Å². The average Bonchev–Trinajstić information content (AvgIpc) is 2.45. The fourth-order valence-corrected chi connectivity index (χ4v) is 1.77. The van der Waals surface area contributed by atoms with Gasteiger partial charge in [0, 0.05) is 6.42 Å². The minimum Gasteiger partial charge on any atom is -0.459 e. The van der Waals surface area contributed by atoms with E-state index in [0.29, 0.717) is 6.42 Å². The molecule has 0 aliphatic carbocycles. The van der Waals surface area contributed by atoms with Gasteiger partial charge in [0.2, 0.25) is 0 Å². The molecule has 0 N–H and O–H groups in total. The van der Waals surface area contributed by atoms with Crippen molar-refractivity contribution >= 4 is 5.97 Å². The first-order chi connectivity index (χ1) is 5.72. The van der Waals surface area contributed by atoms with Gasteiger partial charge in [0.15, 0.2) is 0 Å². The minimum atomic E-state index is -0.0902. The van der Waals surface area contributed by atoms with Crippen LogP contribution in [0.1, 0.15) is 52.4 Å². The third-order valence-corrected chi connectivity index (χ3v) is 2.75. The van der Waals surface area contributed by atoms with Crippen molar-refractivity contribution in [2.24, 2.45) is 0 Å². The van der Waals surface area contributed by atoms with Crippen LogP contribution in [0.15, 0.2) is 0 Å². The van der Waals surface area contributed by atoms with Gasteiger partial charge in [-0.2, -0.15) is 0 Å². The zero-order valence-electron chi connectivity index (χ0n) is 8.06. The van der Waals surface area contributed by atoms with Gasteiger partial charge in [0.1, 0.15) is 5.60 Å². The summed E-state index contributed by atoms with van der Waals surface area (Å²) in [5, 5.41) is 0. The van der Waals surface area contributed by atoms with Crippen molar-refractivity contribution in [1.29, 1.82) is 0 Å². The van der Waals surface area contributed by atoms with Gasteiger partial charge in [-0.15, -0.1) is 0 Å². The predicted molar refractivity (Wildman–Crippen MR) is 47.9 cm³/mol. The van der Waals surface area contributed by atoms with E-state index in [1.165, 1.54) is 12.8 Å². The lowest BCUT2D eigenvalue weighted by Crippen LogP contribution is -2.27. The van der Waals surface area contributed by atoms with E-state index in [0.717, 1.165) is 19.3 Å². The van der Waals surface area contributed by atoms with E-state index >= 15 is 0 Å². The van der Waals surface area contributed by atoms with Crippen LogP contribution in [-0.4, -0.2) is 11.6 Å². The fraction of sp³-hybridized carbons (Fsp3) is 0.900. The quantitative estimate of drug-likeness (QED) is 0.606. The molecule has 0 amide bonds. The first-order valence-corrected chi connectivity index (χ1v) is 4.94. The summed E-state index contributed by atoms with van der Waals surface area (Å²) in [5.41, 5.74) is -0.0902. The summed E-state index contributed by atoms with van der Waals surface area (Å²) in [6.45, 7) is 4.27. The monoisotopic (exact) mass is 170 g/mol. The van der Waals surface area contributed by atoms with Crippen molar-refractivity contribution in [3.63, 3.8) is 0 Å². The topological polar surface area (TPSA) is 26.3 Å². The highest BCUT2D eigenvalue weighted by atomic mass is 16.6. The smallest absolute Gasteiger partial charge is 0.306 e. The minimum absolute atomic E-state index is 0.00652. The second kappa shape index (κ2) is 3.92. The number of esters is 1. The van der Waals surface area contributed by atoms with Crippen molar-refractivity contribution < 1.29 is 9.53 Å². The molecule has 0 unspecified atom stereocenters. The maximum Gasteiger partial charge on any atom is 0.306 e. The summed E-state index contributed by atoms with van der Waals surface area (Å²) >= 11 is 0. The van der Waals surface area contributed by atoms with Gasteiger partial charge in [-0.3, -0.25) is 4.79 Å². The zero-order chi connectivity index (χ0) is 9.03. The van der Waals surface area contributed by atoms with E-state index in [1.807, 2.05) is 0 Å². The van der Waals surface area contributed by atoms with E-state index in [-0.39, 0.29) is 11.6 Å². The fourth-order valence-electron chi connectivity index (χ4n) is 1.77. The molecule has 2 nitrogen and oxygen atoms in total. The standard InChI is InChI=1S/C10H18O2/c1-3-5-7-10(4-2)8-6-9(11)12-10/h3-8H2,1-2H3/t10-/m1/s1. The molecule has 1 saturated heterocycles. The number of hydrogen-bond acceptors (Lipinski definition) is 2. The van der Waals surface area contributed by atoms with Crippen LogP contribution in [0, 0.1) is 0 Å². The highest BCUT2D eigenvalue weighted by Crippen LogP contribution is 2.34. The molecular formula is C10H18O2. The molecule has 1 fully saturated rings. The molecule has 0 saturated carbocycles. The van der Waals surface area contributed by atoms with Gasteiger partial charge in [0.25, 0.3) is 0 Å². The van der Waals surface area contributed by atoms with Gasteiger partial charge < -0.3 is 4.74 Å². The lowest BCUT2D eigenvalue weighted by molar-refractivity contribution is -0.149. The number of unbranched alkanes of at least 4 members (excludes halogenated alkanes) is 1. The van der Waals surface area contributed by atoms with Crippen LogP contribution >= 0.6 is 0 Å². The normalized spacial score (nSPS) is 29.0. The number of cyclic esters (lactones) is 1. The Morgan fingerprint density at radius 1 is 1.50 bits per heavy atom. The first-order valence-electron chi connectivity index (χ1n) is 4.94. The van der Waals surface area contributed by atoms with Crippen molar-refractivity contribution in [3.8, 4) is 0 Å². The number of carbonyl (C=O) groups excluding carboxylic acids is 1.